The third kappa shape index (κ3) is 3.84. The zero-order valence-corrected chi connectivity index (χ0v) is 12.1. The molecule has 17 heavy (non-hydrogen) atoms. The molecule has 1 aromatic carbocycles. The normalized spacial score (nSPS) is 12.2. The first-order chi connectivity index (χ1) is 8.24. The van der Waals surface area contributed by atoms with E-state index in [2.05, 4.69) is 22.9 Å². The Balaban J connectivity index is 2.83. The van der Waals surface area contributed by atoms with E-state index in [4.69, 9.17) is 0 Å². The van der Waals surface area contributed by atoms with E-state index in [0.29, 0.717) is 0 Å². The number of benzene rings is 1. The number of likely N-dealkylation sites (N-methyl/N-ethyl adjacent to an activating group) is 1. The first-order valence-corrected chi connectivity index (χ1v) is 7.26. The number of nitrogens with zero attached hydrogens (tertiary/aromatic N) is 1. The van der Waals surface area contributed by atoms with Gasteiger partial charge >= 0.3 is 0 Å². The van der Waals surface area contributed by atoms with Crippen molar-refractivity contribution in [1.29, 1.82) is 0 Å². The van der Waals surface area contributed by atoms with Gasteiger partial charge < -0.3 is 4.90 Å². The Hall–Kier alpha value is -0.830. The van der Waals surface area contributed by atoms with Crippen molar-refractivity contribution in [3.63, 3.8) is 0 Å². The maximum absolute atomic E-state index is 12.4. The minimum absolute atomic E-state index is 0.00444. The number of rotatable bonds is 6. The summed E-state index contributed by atoms with van der Waals surface area (Å²) in [4.78, 5) is 14.3. The Morgan fingerprint density at radius 2 is 1.94 bits per heavy atom. The molecule has 0 fully saturated rings. The van der Waals surface area contributed by atoms with Gasteiger partial charge in [-0.05, 0) is 18.9 Å². The summed E-state index contributed by atoms with van der Waals surface area (Å²) in [6.07, 6.45) is 0.849. The number of hydrogen-bond acceptors (Lipinski definition) is 1. The molecule has 3 heteroatoms. The average Bonchev–Trinajstić information content (AvgIpc) is 2.38. The molecule has 1 atom stereocenters. The van der Waals surface area contributed by atoms with Crippen LogP contribution >= 0.6 is 15.9 Å². The summed E-state index contributed by atoms with van der Waals surface area (Å²) in [5.74, 6) is 0.232. The minimum Gasteiger partial charge on any atom is -0.342 e. The summed E-state index contributed by atoms with van der Waals surface area (Å²) < 4.78 is 0. The summed E-state index contributed by atoms with van der Waals surface area (Å²) in [6, 6.07) is 10.0. The summed E-state index contributed by atoms with van der Waals surface area (Å²) >= 11 is 3.39. The second-order valence-corrected chi connectivity index (χ2v) is 4.77. The number of hydrogen-bond donors (Lipinski definition) is 0. The van der Waals surface area contributed by atoms with Crippen molar-refractivity contribution in [3.8, 4) is 0 Å². The summed E-state index contributed by atoms with van der Waals surface area (Å²) in [6.45, 7) is 5.64. The molecular formula is C14H20BrNO. The Morgan fingerprint density at radius 1 is 1.29 bits per heavy atom. The number of amides is 1. The van der Waals surface area contributed by atoms with Crippen molar-refractivity contribution in [1.82, 2.24) is 4.90 Å². The van der Waals surface area contributed by atoms with Gasteiger partial charge in [0.1, 0.15) is 0 Å². The van der Waals surface area contributed by atoms with E-state index >= 15 is 0 Å². The second kappa shape index (κ2) is 7.49. The van der Waals surface area contributed by atoms with Crippen LogP contribution in [-0.4, -0.2) is 29.2 Å². The molecule has 1 amide bonds. The Kier molecular flexibility index (Phi) is 6.27. The highest BCUT2D eigenvalue weighted by Crippen LogP contribution is 2.21. The Bertz CT molecular complexity index is 339. The smallest absolute Gasteiger partial charge is 0.230 e. The van der Waals surface area contributed by atoms with E-state index < -0.39 is 0 Å². The first-order valence-electron chi connectivity index (χ1n) is 6.14. The molecule has 2 nitrogen and oxygen atoms in total. The lowest BCUT2D eigenvalue weighted by Crippen LogP contribution is -2.36. The van der Waals surface area contributed by atoms with Gasteiger partial charge in [0.15, 0.2) is 0 Å². The molecule has 0 heterocycles. The second-order valence-electron chi connectivity index (χ2n) is 3.98. The van der Waals surface area contributed by atoms with Crippen LogP contribution in [0, 0.1) is 0 Å². The van der Waals surface area contributed by atoms with Gasteiger partial charge in [0.25, 0.3) is 0 Å². The predicted octanol–water partition coefficient (Wildman–Crippen LogP) is 3.42. The third-order valence-electron chi connectivity index (χ3n) is 2.96. The van der Waals surface area contributed by atoms with Crippen molar-refractivity contribution >= 4 is 21.8 Å². The third-order valence-corrected chi connectivity index (χ3v) is 3.31. The molecule has 0 aliphatic carbocycles. The fraction of sp³-hybridized carbons (Fsp3) is 0.500. The van der Waals surface area contributed by atoms with Crippen LogP contribution in [0.3, 0.4) is 0 Å². The van der Waals surface area contributed by atoms with Crippen molar-refractivity contribution in [2.24, 2.45) is 0 Å². The highest BCUT2D eigenvalue weighted by Gasteiger charge is 2.22. The van der Waals surface area contributed by atoms with Crippen LogP contribution in [0.2, 0.25) is 0 Å². The quantitative estimate of drug-likeness (QED) is 0.737. The van der Waals surface area contributed by atoms with Gasteiger partial charge in [-0.15, -0.1) is 0 Å². The van der Waals surface area contributed by atoms with E-state index in [1.54, 1.807) is 0 Å². The molecule has 0 aliphatic heterocycles. The zero-order valence-electron chi connectivity index (χ0n) is 10.5. The first kappa shape index (κ1) is 14.2. The van der Waals surface area contributed by atoms with Crippen LogP contribution in [0.4, 0.5) is 0 Å². The fourth-order valence-electron chi connectivity index (χ4n) is 1.98. The molecule has 0 aliphatic rings. The van der Waals surface area contributed by atoms with E-state index in [-0.39, 0.29) is 11.8 Å². The molecule has 1 unspecified atom stereocenters. The summed E-state index contributed by atoms with van der Waals surface area (Å²) in [5.41, 5.74) is 1.12. The molecule has 0 N–H and O–H groups in total. The van der Waals surface area contributed by atoms with Crippen LogP contribution < -0.4 is 0 Å². The molecule has 0 saturated carbocycles. The number of carbonyl (C=O) groups excluding carboxylic acids is 1. The van der Waals surface area contributed by atoms with Gasteiger partial charge in [-0.25, -0.2) is 0 Å². The van der Waals surface area contributed by atoms with Crippen LogP contribution in [0.25, 0.3) is 0 Å². The van der Waals surface area contributed by atoms with Crippen molar-refractivity contribution in [2.75, 3.05) is 18.4 Å². The summed E-state index contributed by atoms with van der Waals surface area (Å²) in [5, 5.41) is 0.831. The van der Waals surface area contributed by atoms with Gasteiger partial charge in [0, 0.05) is 18.4 Å². The lowest BCUT2D eigenvalue weighted by Gasteiger charge is -2.25. The zero-order chi connectivity index (χ0) is 12.7. The van der Waals surface area contributed by atoms with Gasteiger partial charge in [0.2, 0.25) is 5.91 Å². The largest absolute Gasteiger partial charge is 0.342 e. The molecule has 94 valence electrons. The molecular weight excluding hydrogens is 278 g/mol. The van der Waals surface area contributed by atoms with E-state index in [1.165, 1.54) is 0 Å². The lowest BCUT2D eigenvalue weighted by atomic mass is 9.95. The Labute approximate surface area is 112 Å². The standard InChI is InChI=1S/C14H20BrNO/c1-3-13(12-8-6-5-7-9-12)14(17)16(4-2)11-10-15/h5-9,13H,3-4,10-11H2,1-2H3. The van der Waals surface area contributed by atoms with Gasteiger partial charge in [-0.1, -0.05) is 53.2 Å². The minimum atomic E-state index is -0.00444. The molecule has 0 spiro atoms. The van der Waals surface area contributed by atoms with Crippen LogP contribution in [0.5, 0.6) is 0 Å². The van der Waals surface area contributed by atoms with Crippen LogP contribution in [-0.2, 0) is 4.79 Å². The summed E-state index contributed by atoms with van der Waals surface area (Å²) in [7, 11) is 0. The maximum Gasteiger partial charge on any atom is 0.230 e. The number of halogens is 1. The SMILES string of the molecule is CCC(C(=O)N(CC)CCBr)c1ccccc1. The number of carbonyl (C=O) groups is 1. The molecule has 1 rings (SSSR count). The lowest BCUT2D eigenvalue weighted by molar-refractivity contribution is -0.132. The van der Waals surface area contributed by atoms with Crippen molar-refractivity contribution < 1.29 is 4.79 Å². The number of alkyl halides is 1. The highest BCUT2D eigenvalue weighted by molar-refractivity contribution is 9.09. The molecule has 0 bridgehead atoms. The van der Waals surface area contributed by atoms with Crippen molar-refractivity contribution in [3.05, 3.63) is 35.9 Å². The van der Waals surface area contributed by atoms with E-state index in [1.807, 2.05) is 42.2 Å². The molecule has 1 aromatic rings. The fourth-order valence-corrected chi connectivity index (χ4v) is 2.41. The molecule has 0 saturated heterocycles. The average molecular weight is 298 g/mol. The van der Waals surface area contributed by atoms with Gasteiger partial charge in [0.05, 0.1) is 5.92 Å². The topological polar surface area (TPSA) is 20.3 Å². The molecule has 0 radical (unpaired) electrons. The maximum atomic E-state index is 12.4. The van der Waals surface area contributed by atoms with Gasteiger partial charge in [-0.3, -0.25) is 4.79 Å². The van der Waals surface area contributed by atoms with Crippen LogP contribution in [0.1, 0.15) is 31.7 Å². The predicted molar refractivity (Wildman–Crippen MR) is 75.5 cm³/mol. The van der Waals surface area contributed by atoms with Crippen LogP contribution in [0.15, 0.2) is 30.3 Å². The molecule has 0 aromatic heterocycles. The van der Waals surface area contributed by atoms with E-state index in [9.17, 15) is 4.79 Å². The van der Waals surface area contributed by atoms with Crippen molar-refractivity contribution in [2.45, 2.75) is 26.2 Å². The Morgan fingerprint density at radius 3 is 2.41 bits per heavy atom. The monoisotopic (exact) mass is 297 g/mol. The highest BCUT2D eigenvalue weighted by atomic mass is 79.9. The van der Waals surface area contributed by atoms with E-state index in [0.717, 1.165) is 30.4 Å². The van der Waals surface area contributed by atoms with Gasteiger partial charge in [-0.2, -0.15) is 0 Å².